The van der Waals surface area contributed by atoms with Crippen molar-refractivity contribution in [3.05, 3.63) is 23.4 Å². The van der Waals surface area contributed by atoms with Crippen molar-refractivity contribution in [2.24, 2.45) is 5.41 Å². The minimum absolute atomic E-state index is 0.506. The summed E-state index contributed by atoms with van der Waals surface area (Å²) in [6.45, 7) is 10.1. The number of aromatic nitrogens is 1. The Morgan fingerprint density at radius 2 is 2.00 bits per heavy atom. The lowest BCUT2D eigenvalue weighted by Gasteiger charge is -2.27. The van der Waals surface area contributed by atoms with E-state index in [9.17, 15) is 0 Å². The fourth-order valence-electron chi connectivity index (χ4n) is 3.44. The molecule has 0 spiro atoms. The lowest BCUT2D eigenvalue weighted by atomic mass is 9.82. The van der Waals surface area contributed by atoms with Gasteiger partial charge in [0, 0.05) is 25.3 Å². The van der Waals surface area contributed by atoms with Gasteiger partial charge in [0.1, 0.15) is 5.82 Å². The van der Waals surface area contributed by atoms with Crippen LogP contribution in [0.25, 0.3) is 0 Å². The van der Waals surface area contributed by atoms with Crippen LogP contribution in [-0.2, 0) is 13.0 Å². The predicted octanol–water partition coefficient (Wildman–Crippen LogP) is 3.77. The summed E-state index contributed by atoms with van der Waals surface area (Å²) in [4.78, 5) is 7.42. The first kappa shape index (κ1) is 16.3. The lowest BCUT2D eigenvalue weighted by molar-refractivity contribution is 0.301. The molecule has 1 aromatic rings. The molecule has 0 saturated carbocycles. The van der Waals surface area contributed by atoms with Crippen LogP contribution in [0.2, 0.25) is 0 Å². The Labute approximate surface area is 130 Å². The third-order valence-electron chi connectivity index (χ3n) is 5.07. The monoisotopic (exact) mass is 289 g/mol. The largest absolute Gasteiger partial charge is 0.356 e. The molecule has 0 bridgehead atoms. The molecule has 1 fully saturated rings. The first-order chi connectivity index (χ1) is 10.2. The van der Waals surface area contributed by atoms with E-state index in [-0.39, 0.29) is 0 Å². The van der Waals surface area contributed by atoms with E-state index in [2.05, 4.69) is 43.1 Å². The van der Waals surface area contributed by atoms with Crippen LogP contribution < -0.4 is 10.2 Å². The molecule has 2 rings (SSSR count). The van der Waals surface area contributed by atoms with E-state index in [1.165, 1.54) is 42.9 Å². The molecular formula is C18H31N3. The third kappa shape index (κ3) is 3.76. The number of pyridine rings is 1. The first-order valence-corrected chi connectivity index (χ1v) is 8.55. The van der Waals surface area contributed by atoms with Crippen molar-refractivity contribution in [1.29, 1.82) is 0 Å². The number of anilines is 1. The molecule has 2 heterocycles. The summed E-state index contributed by atoms with van der Waals surface area (Å²) in [6, 6.07) is 4.53. The zero-order valence-corrected chi connectivity index (χ0v) is 14.2. The number of hydrogen-bond donors (Lipinski definition) is 1. The highest BCUT2D eigenvalue weighted by Gasteiger charge is 2.35. The summed E-state index contributed by atoms with van der Waals surface area (Å²) in [5, 5.41) is 3.26. The van der Waals surface area contributed by atoms with Gasteiger partial charge in [-0.1, -0.05) is 27.2 Å². The van der Waals surface area contributed by atoms with Gasteiger partial charge in [0.25, 0.3) is 0 Å². The van der Waals surface area contributed by atoms with Crippen LogP contribution in [-0.4, -0.2) is 25.1 Å². The molecule has 118 valence electrons. The Morgan fingerprint density at radius 1 is 1.24 bits per heavy atom. The van der Waals surface area contributed by atoms with E-state index in [1.54, 1.807) is 0 Å². The van der Waals surface area contributed by atoms with Crippen LogP contribution in [0.3, 0.4) is 0 Å². The van der Waals surface area contributed by atoms with Crippen molar-refractivity contribution in [1.82, 2.24) is 10.3 Å². The number of nitrogens with one attached hydrogen (secondary N) is 1. The highest BCUT2D eigenvalue weighted by atomic mass is 15.2. The highest BCUT2D eigenvalue weighted by molar-refractivity contribution is 5.44. The van der Waals surface area contributed by atoms with E-state index in [4.69, 9.17) is 4.98 Å². The van der Waals surface area contributed by atoms with Crippen LogP contribution in [0.15, 0.2) is 12.1 Å². The van der Waals surface area contributed by atoms with Gasteiger partial charge in [0.05, 0.1) is 0 Å². The Balaban J connectivity index is 2.22. The Hall–Kier alpha value is -1.09. The van der Waals surface area contributed by atoms with Crippen molar-refractivity contribution in [3.8, 4) is 0 Å². The minimum Gasteiger partial charge on any atom is -0.356 e. The quantitative estimate of drug-likeness (QED) is 0.828. The fraction of sp³-hybridized carbons (Fsp3) is 0.722. The van der Waals surface area contributed by atoms with Crippen LogP contribution in [0.1, 0.15) is 57.7 Å². The molecule has 0 aliphatic carbocycles. The normalized spacial score (nSPS) is 17.4. The number of rotatable bonds is 7. The molecular weight excluding hydrogens is 258 g/mol. The van der Waals surface area contributed by atoms with Crippen LogP contribution in [0.5, 0.6) is 0 Å². The number of nitrogens with zero attached hydrogens (tertiary/aromatic N) is 2. The molecule has 1 aliphatic heterocycles. The van der Waals surface area contributed by atoms with Crippen molar-refractivity contribution in [2.75, 3.05) is 25.0 Å². The Morgan fingerprint density at radius 3 is 2.57 bits per heavy atom. The smallest absolute Gasteiger partial charge is 0.129 e. The molecule has 1 saturated heterocycles. The van der Waals surface area contributed by atoms with Gasteiger partial charge in [-0.05, 0) is 55.8 Å². The minimum atomic E-state index is 0.506. The average molecular weight is 289 g/mol. The van der Waals surface area contributed by atoms with Gasteiger partial charge in [-0.25, -0.2) is 4.98 Å². The molecule has 1 N–H and O–H groups in total. The van der Waals surface area contributed by atoms with Crippen LogP contribution in [0, 0.1) is 5.41 Å². The Kier molecular flexibility index (Phi) is 5.63. The van der Waals surface area contributed by atoms with E-state index in [0.717, 1.165) is 25.9 Å². The van der Waals surface area contributed by atoms with Gasteiger partial charge in [0.2, 0.25) is 0 Å². The SMILES string of the molecule is CCCc1cc(CNC)cc(N2CCC(CC)(CC)C2)n1. The zero-order chi connectivity index (χ0) is 15.3. The van der Waals surface area contributed by atoms with Crippen molar-refractivity contribution >= 4 is 5.82 Å². The molecule has 0 unspecified atom stereocenters. The average Bonchev–Trinajstić information content (AvgIpc) is 2.93. The van der Waals surface area contributed by atoms with Crippen LogP contribution >= 0.6 is 0 Å². The first-order valence-electron chi connectivity index (χ1n) is 8.55. The van der Waals surface area contributed by atoms with Gasteiger partial charge < -0.3 is 10.2 Å². The van der Waals surface area contributed by atoms with E-state index < -0.39 is 0 Å². The van der Waals surface area contributed by atoms with Gasteiger partial charge in [-0.15, -0.1) is 0 Å². The summed E-state index contributed by atoms with van der Waals surface area (Å²) < 4.78 is 0. The maximum Gasteiger partial charge on any atom is 0.129 e. The second-order valence-corrected chi connectivity index (χ2v) is 6.48. The molecule has 0 radical (unpaired) electrons. The summed E-state index contributed by atoms with van der Waals surface area (Å²) >= 11 is 0. The zero-order valence-electron chi connectivity index (χ0n) is 14.2. The fourth-order valence-corrected chi connectivity index (χ4v) is 3.44. The third-order valence-corrected chi connectivity index (χ3v) is 5.07. The van der Waals surface area contributed by atoms with Crippen LogP contribution in [0.4, 0.5) is 5.82 Å². The highest BCUT2D eigenvalue weighted by Crippen LogP contribution is 2.38. The van der Waals surface area contributed by atoms with Crippen molar-refractivity contribution < 1.29 is 0 Å². The van der Waals surface area contributed by atoms with Gasteiger partial charge in [0.15, 0.2) is 0 Å². The van der Waals surface area contributed by atoms with E-state index in [1.807, 2.05) is 7.05 Å². The summed E-state index contributed by atoms with van der Waals surface area (Å²) in [5.74, 6) is 1.19. The molecule has 0 atom stereocenters. The second-order valence-electron chi connectivity index (χ2n) is 6.48. The predicted molar refractivity (Wildman–Crippen MR) is 90.8 cm³/mol. The second kappa shape index (κ2) is 7.26. The van der Waals surface area contributed by atoms with E-state index in [0.29, 0.717) is 5.41 Å². The molecule has 0 amide bonds. The van der Waals surface area contributed by atoms with Gasteiger partial charge in [-0.2, -0.15) is 0 Å². The summed E-state index contributed by atoms with van der Waals surface area (Å²) in [7, 11) is 2.01. The lowest BCUT2D eigenvalue weighted by Crippen LogP contribution is -2.27. The molecule has 1 aliphatic rings. The summed E-state index contributed by atoms with van der Waals surface area (Å²) in [6.07, 6.45) is 6.09. The number of hydrogen-bond acceptors (Lipinski definition) is 3. The summed E-state index contributed by atoms with van der Waals surface area (Å²) in [5.41, 5.74) is 3.10. The standard InChI is InChI=1S/C18H31N3/c1-5-8-16-11-15(13-19-4)12-17(20-16)21-10-9-18(6-2,7-3)14-21/h11-12,19H,5-10,13-14H2,1-4H3. The van der Waals surface area contributed by atoms with Gasteiger partial charge >= 0.3 is 0 Å². The molecule has 3 heteroatoms. The maximum absolute atomic E-state index is 4.92. The maximum atomic E-state index is 4.92. The van der Waals surface area contributed by atoms with Crippen molar-refractivity contribution in [2.45, 2.75) is 59.4 Å². The Bertz CT molecular complexity index is 428. The molecule has 3 nitrogen and oxygen atoms in total. The molecule has 1 aromatic heterocycles. The van der Waals surface area contributed by atoms with E-state index >= 15 is 0 Å². The van der Waals surface area contributed by atoms with Crippen molar-refractivity contribution in [3.63, 3.8) is 0 Å². The number of aryl methyl sites for hydroxylation is 1. The topological polar surface area (TPSA) is 28.2 Å². The molecule has 0 aromatic carbocycles. The van der Waals surface area contributed by atoms with Gasteiger partial charge in [-0.3, -0.25) is 0 Å². The molecule has 21 heavy (non-hydrogen) atoms.